The second kappa shape index (κ2) is 8.52. The molecule has 162 valence electrons. The molecule has 1 aliphatic rings. The molecule has 0 radical (unpaired) electrons. The number of rotatable bonds is 5. The molecule has 0 heterocycles. The van der Waals surface area contributed by atoms with Gasteiger partial charge in [-0.05, 0) is 70.5 Å². The summed E-state index contributed by atoms with van der Waals surface area (Å²) in [5.74, 6) is -0.403. The van der Waals surface area contributed by atoms with E-state index in [1.807, 2.05) is 48.5 Å². The number of nitrogens with zero attached hydrogens (tertiary/aromatic N) is 2. The van der Waals surface area contributed by atoms with Gasteiger partial charge in [-0.15, -0.1) is 0 Å². The number of hydrogen-bond donors (Lipinski definition) is 1. The Morgan fingerprint density at radius 3 is 2.55 bits per heavy atom. The van der Waals surface area contributed by atoms with E-state index in [4.69, 9.17) is 11.6 Å². The molecule has 0 fully saturated rings. The molecule has 0 saturated heterocycles. The maximum Gasteiger partial charge on any atom is 0.311 e. The molecule has 4 aromatic carbocycles. The normalized spacial score (nSPS) is 12.0. The minimum atomic E-state index is -0.588. The minimum Gasteiger partial charge on any atom is -0.502 e. The van der Waals surface area contributed by atoms with Gasteiger partial charge in [-0.3, -0.25) is 15.1 Å². The fourth-order valence-corrected chi connectivity index (χ4v) is 4.46. The van der Waals surface area contributed by atoms with Crippen LogP contribution in [0.4, 0.5) is 11.4 Å². The number of aliphatic imine (C=N–C) groups is 1. The van der Waals surface area contributed by atoms with E-state index in [9.17, 15) is 15.2 Å². The van der Waals surface area contributed by atoms with Crippen LogP contribution in [0, 0.1) is 10.1 Å². The van der Waals surface area contributed by atoms with Crippen molar-refractivity contribution in [2.75, 3.05) is 0 Å². The Kier molecular flexibility index (Phi) is 5.40. The number of aromatic hydroxyl groups is 1. The molecule has 0 saturated carbocycles. The molecule has 5 nitrogen and oxygen atoms in total. The Morgan fingerprint density at radius 2 is 1.73 bits per heavy atom. The largest absolute Gasteiger partial charge is 0.502 e. The van der Waals surface area contributed by atoms with Crippen molar-refractivity contribution in [3.8, 4) is 16.9 Å². The zero-order chi connectivity index (χ0) is 22.9. The maximum atomic E-state index is 11.5. The van der Waals surface area contributed by atoms with Gasteiger partial charge in [0.15, 0.2) is 0 Å². The first-order valence-corrected chi connectivity index (χ1v) is 10.9. The number of phenolic OH excluding ortho intramolecular Hbond substituents is 1. The predicted molar refractivity (Wildman–Crippen MR) is 131 cm³/mol. The van der Waals surface area contributed by atoms with Crippen molar-refractivity contribution < 1.29 is 10.0 Å². The zero-order valence-electron chi connectivity index (χ0n) is 17.5. The first kappa shape index (κ1) is 20.9. The fraction of sp³-hybridized carbons (Fsp3) is 0.0741. The van der Waals surface area contributed by atoms with Crippen LogP contribution >= 0.6 is 11.6 Å². The summed E-state index contributed by atoms with van der Waals surface area (Å²) in [5, 5.41) is 22.6. The van der Waals surface area contributed by atoms with Crippen LogP contribution in [0.15, 0.2) is 83.9 Å². The number of hydrogen-bond acceptors (Lipinski definition) is 4. The molecule has 33 heavy (non-hydrogen) atoms. The number of phenols is 1. The molecule has 6 heteroatoms. The standard InChI is InChI=1S/C27H19ClN2O3/c28-25-8-4-2-6-19(25)11-17-12-21(27(31)26(13-17)30(32)33)16-29-22-9-10-24-20(15-22)14-18-5-1-3-7-23(18)24/h1-10,12-13,15-16,31H,11,14H2. The second-order valence-corrected chi connectivity index (χ2v) is 8.42. The van der Waals surface area contributed by atoms with Crippen molar-refractivity contribution in [3.63, 3.8) is 0 Å². The maximum absolute atomic E-state index is 11.5. The lowest BCUT2D eigenvalue weighted by Crippen LogP contribution is -1.97. The number of nitro benzene ring substituents is 1. The number of nitro groups is 1. The van der Waals surface area contributed by atoms with Crippen LogP contribution in [0.5, 0.6) is 5.75 Å². The van der Waals surface area contributed by atoms with Crippen LogP contribution in [0.1, 0.15) is 27.8 Å². The molecule has 4 aromatic rings. The van der Waals surface area contributed by atoms with Gasteiger partial charge in [-0.25, -0.2) is 0 Å². The van der Waals surface area contributed by atoms with Crippen molar-refractivity contribution >= 4 is 29.2 Å². The van der Waals surface area contributed by atoms with Gasteiger partial charge in [0.25, 0.3) is 0 Å². The molecular formula is C27H19ClN2O3. The molecular weight excluding hydrogens is 436 g/mol. The Bertz CT molecular complexity index is 1430. The Labute approximate surface area is 195 Å². The van der Waals surface area contributed by atoms with Gasteiger partial charge in [0.2, 0.25) is 5.75 Å². The van der Waals surface area contributed by atoms with E-state index in [0.717, 1.165) is 17.7 Å². The van der Waals surface area contributed by atoms with Gasteiger partial charge in [0.1, 0.15) is 0 Å². The highest BCUT2D eigenvalue weighted by Gasteiger charge is 2.20. The summed E-state index contributed by atoms with van der Waals surface area (Å²) in [4.78, 5) is 15.5. The molecule has 0 bridgehead atoms. The molecule has 0 aliphatic heterocycles. The van der Waals surface area contributed by atoms with E-state index in [-0.39, 0.29) is 11.3 Å². The SMILES string of the molecule is O=[N+]([O-])c1cc(Cc2ccccc2Cl)cc(C=Nc2ccc3c(c2)Cc2ccccc2-3)c1O. The topological polar surface area (TPSA) is 75.7 Å². The van der Waals surface area contributed by atoms with Crippen LogP contribution in [-0.4, -0.2) is 16.2 Å². The van der Waals surface area contributed by atoms with Gasteiger partial charge < -0.3 is 5.11 Å². The quantitative estimate of drug-likeness (QED) is 0.179. The summed E-state index contributed by atoms with van der Waals surface area (Å²) in [6.45, 7) is 0. The molecule has 0 spiro atoms. The van der Waals surface area contributed by atoms with Crippen LogP contribution in [0.3, 0.4) is 0 Å². The monoisotopic (exact) mass is 454 g/mol. The molecule has 0 atom stereocenters. The summed E-state index contributed by atoms with van der Waals surface area (Å²) in [6.07, 6.45) is 2.72. The molecule has 5 rings (SSSR count). The molecule has 0 unspecified atom stereocenters. The molecule has 0 amide bonds. The van der Waals surface area contributed by atoms with Gasteiger partial charge in [-0.2, -0.15) is 0 Å². The first-order chi connectivity index (χ1) is 16.0. The lowest BCUT2D eigenvalue weighted by atomic mass is 10.0. The lowest BCUT2D eigenvalue weighted by Gasteiger charge is -2.08. The summed E-state index contributed by atoms with van der Waals surface area (Å²) in [7, 11) is 0. The van der Waals surface area contributed by atoms with Crippen molar-refractivity contribution in [2.45, 2.75) is 12.8 Å². The van der Waals surface area contributed by atoms with Crippen molar-refractivity contribution in [2.24, 2.45) is 4.99 Å². The third kappa shape index (κ3) is 4.11. The van der Waals surface area contributed by atoms with Crippen LogP contribution in [-0.2, 0) is 12.8 Å². The average Bonchev–Trinajstić information content (AvgIpc) is 3.18. The molecule has 1 N–H and O–H groups in total. The second-order valence-electron chi connectivity index (χ2n) is 8.01. The van der Waals surface area contributed by atoms with E-state index < -0.39 is 10.7 Å². The van der Waals surface area contributed by atoms with E-state index in [2.05, 4.69) is 17.1 Å². The molecule has 1 aliphatic carbocycles. The van der Waals surface area contributed by atoms with Gasteiger partial charge in [0, 0.05) is 22.9 Å². The van der Waals surface area contributed by atoms with Crippen molar-refractivity contribution in [1.82, 2.24) is 0 Å². The first-order valence-electron chi connectivity index (χ1n) is 10.5. The van der Waals surface area contributed by atoms with Crippen molar-refractivity contribution in [1.29, 1.82) is 0 Å². The summed E-state index contributed by atoms with van der Waals surface area (Å²) in [5.41, 5.74) is 7.08. The predicted octanol–water partition coefficient (Wildman–Crippen LogP) is 6.87. The van der Waals surface area contributed by atoms with Gasteiger partial charge >= 0.3 is 5.69 Å². The number of fused-ring (bicyclic) bond motifs is 3. The third-order valence-electron chi connectivity index (χ3n) is 5.86. The highest BCUT2D eigenvalue weighted by molar-refractivity contribution is 6.31. The highest BCUT2D eigenvalue weighted by atomic mass is 35.5. The van der Waals surface area contributed by atoms with Crippen LogP contribution in [0.25, 0.3) is 11.1 Å². The third-order valence-corrected chi connectivity index (χ3v) is 6.23. The van der Waals surface area contributed by atoms with E-state index >= 15 is 0 Å². The summed E-state index contributed by atoms with van der Waals surface area (Å²) >= 11 is 6.26. The Hall–Kier alpha value is -3.96. The highest BCUT2D eigenvalue weighted by Crippen LogP contribution is 2.38. The average molecular weight is 455 g/mol. The number of halogens is 1. The van der Waals surface area contributed by atoms with E-state index in [1.165, 1.54) is 34.5 Å². The van der Waals surface area contributed by atoms with Crippen molar-refractivity contribution in [3.05, 3.63) is 122 Å². The van der Waals surface area contributed by atoms with Crippen LogP contribution in [0.2, 0.25) is 5.02 Å². The molecule has 0 aromatic heterocycles. The van der Waals surface area contributed by atoms with E-state index in [1.54, 1.807) is 12.1 Å². The Balaban J connectivity index is 1.48. The summed E-state index contributed by atoms with van der Waals surface area (Å²) in [6, 6.07) is 24.7. The Morgan fingerprint density at radius 1 is 0.970 bits per heavy atom. The summed E-state index contributed by atoms with van der Waals surface area (Å²) < 4.78 is 0. The lowest BCUT2D eigenvalue weighted by molar-refractivity contribution is -0.385. The zero-order valence-corrected chi connectivity index (χ0v) is 18.3. The minimum absolute atomic E-state index is 0.287. The number of benzene rings is 4. The van der Waals surface area contributed by atoms with Gasteiger partial charge in [0.05, 0.1) is 10.6 Å². The van der Waals surface area contributed by atoms with E-state index in [0.29, 0.717) is 17.0 Å². The fourth-order valence-electron chi connectivity index (χ4n) is 4.26. The van der Waals surface area contributed by atoms with Gasteiger partial charge in [-0.1, -0.05) is 60.1 Å². The smallest absolute Gasteiger partial charge is 0.311 e. The van der Waals surface area contributed by atoms with Crippen LogP contribution < -0.4 is 0 Å².